The SMILES string of the molecule is CCC1=C(C)c2cc3[nH]c(cc4nc(c5c6[nH]c(cc1n2)c(C)c6C(=O)N(CCN1CCOCC1)C5=O)[C@@H](CCC(=O)OCCO)[C@@H]4C)c(C)c3/C=N/OCCOCCNC(=O)[C@H](C)NC(=O)[C@H](C)NC(=O)CCOCCOCCOCCOCCOCCOCCOCCOCCN1C(=O)C=CC1=O. The average molecular weight is 1470 g/mol. The molecule has 105 heavy (non-hydrogen) atoms. The largest absolute Gasteiger partial charge is 0.463 e. The van der Waals surface area contributed by atoms with Crippen molar-refractivity contribution >= 4 is 86.7 Å². The van der Waals surface area contributed by atoms with E-state index in [1.54, 1.807) is 6.21 Å². The number of aliphatic hydroxyl groups is 1. The van der Waals surface area contributed by atoms with Crippen molar-refractivity contribution in [3.05, 3.63) is 80.9 Å². The van der Waals surface area contributed by atoms with Crippen LogP contribution in [0.1, 0.15) is 132 Å². The van der Waals surface area contributed by atoms with E-state index in [4.69, 9.17) is 66.9 Å². The number of aliphatic hydroxyl groups excluding tert-OH is 1. The molecule has 0 unspecified atom stereocenters. The lowest BCUT2D eigenvalue weighted by Crippen LogP contribution is -2.52. The molecule has 0 spiro atoms. The van der Waals surface area contributed by atoms with Gasteiger partial charge >= 0.3 is 5.97 Å². The van der Waals surface area contributed by atoms with E-state index in [1.807, 2.05) is 45.9 Å². The second-order valence-corrected chi connectivity index (χ2v) is 25.4. The maximum absolute atomic E-state index is 15.2. The van der Waals surface area contributed by atoms with Crippen molar-refractivity contribution in [3.63, 3.8) is 0 Å². The van der Waals surface area contributed by atoms with Crippen LogP contribution in [-0.2, 0) is 85.7 Å². The second-order valence-electron chi connectivity index (χ2n) is 25.4. The number of nitrogens with zero attached hydrogens (tertiary/aromatic N) is 6. The summed E-state index contributed by atoms with van der Waals surface area (Å²) in [5.41, 5.74) is 9.71. The maximum atomic E-state index is 15.2. The fourth-order valence-electron chi connectivity index (χ4n) is 12.2. The number of carbonyl (C=O) groups excluding carboxylic acids is 8. The molecular weight excluding hydrogens is 1370 g/mol. The third-order valence-corrected chi connectivity index (χ3v) is 18.2. The van der Waals surface area contributed by atoms with Crippen LogP contribution in [0.2, 0.25) is 0 Å². The Kier molecular flexibility index (Phi) is 34.1. The van der Waals surface area contributed by atoms with Crippen LogP contribution >= 0.6 is 0 Å². The van der Waals surface area contributed by atoms with E-state index < -0.39 is 53.5 Å². The predicted molar refractivity (Wildman–Crippen MR) is 384 cm³/mol. The number of hydrogen-bond donors (Lipinski definition) is 6. The van der Waals surface area contributed by atoms with Gasteiger partial charge in [-0.1, -0.05) is 19.0 Å². The van der Waals surface area contributed by atoms with Gasteiger partial charge in [0.2, 0.25) is 17.7 Å². The minimum absolute atomic E-state index is 0.00817. The topological polar surface area (TPSA) is 383 Å². The van der Waals surface area contributed by atoms with Crippen molar-refractivity contribution in [2.24, 2.45) is 5.16 Å². The number of oxime groups is 1. The average Bonchev–Trinajstić information content (AvgIpc) is 1.61. The molecular formula is C73H103N11O21. The highest BCUT2D eigenvalue weighted by molar-refractivity contribution is 6.23. The molecule has 0 radical (unpaired) electrons. The zero-order valence-corrected chi connectivity index (χ0v) is 61.4. The molecule has 576 valence electrons. The molecule has 0 aliphatic carbocycles. The summed E-state index contributed by atoms with van der Waals surface area (Å²) in [5, 5.41) is 21.7. The Balaban J connectivity index is 0.717. The van der Waals surface area contributed by atoms with Gasteiger partial charge in [-0.25, -0.2) is 4.98 Å². The second kappa shape index (κ2) is 43.4. The number of amides is 7. The number of hydrogen-bond acceptors (Lipinski definition) is 25. The van der Waals surface area contributed by atoms with Crippen molar-refractivity contribution in [2.45, 2.75) is 98.1 Å². The molecule has 0 aromatic carbocycles. The number of rotatable bonds is 48. The number of morpholine rings is 1. The number of ether oxygens (including phenoxy) is 11. The van der Waals surface area contributed by atoms with Gasteiger partial charge in [0.05, 0.1) is 185 Å². The standard InChI is InChI=1S/C73H103N11O21/c1-8-53-47(2)57-44-61-55(49(4)56(79-61)43-58-48(3)54(9-12-65(89)104-26-20-85)68(80-58)67-69-66(50(5)59(81-69)45-60(53)78-57)72(92)84(73(67)93)16-15-82-17-23-96-24-18-82)46-75-105-42-41-95-22-14-74-70(90)51(6)77-71(91)52(7)76-62(86)13-21-94-27-29-98-31-33-100-35-37-102-39-40-103-38-36-101-34-32-99-30-28-97-25-19-83-63(87)10-11-64(83)88/h10-11,43-46,48,51-52,54,79,81,85H,8-9,12-42H2,1-7H3,(H,74,90)(H,76,86)(H,77,91)/b56-43?,57-44?,58-43?,59-45?,60-45?,61-44?,68-67?,75-46+/t48-,51-,52-,54-/m0/s1. The van der Waals surface area contributed by atoms with Gasteiger partial charge in [-0.05, 0) is 87.9 Å². The number of aromatic nitrogens is 4. The lowest BCUT2D eigenvalue weighted by atomic mass is 9.84. The summed E-state index contributed by atoms with van der Waals surface area (Å²) in [5.74, 6) is -4.20. The summed E-state index contributed by atoms with van der Waals surface area (Å²) in [7, 11) is 0. The highest BCUT2D eigenvalue weighted by atomic mass is 16.6. The Morgan fingerprint density at radius 3 is 1.81 bits per heavy atom. The Bertz CT molecular complexity index is 3700. The highest BCUT2D eigenvalue weighted by Gasteiger charge is 2.41. The Labute approximate surface area is 610 Å². The fourth-order valence-corrected chi connectivity index (χ4v) is 12.2. The van der Waals surface area contributed by atoms with Gasteiger partial charge in [0, 0.05) is 97.4 Å². The summed E-state index contributed by atoms with van der Waals surface area (Å²) in [4.78, 5) is 132. The van der Waals surface area contributed by atoms with Crippen LogP contribution in [0.4, 0.5) is 0 Å². The van der Waals surface area contributed by atoms with Gasteiger partial charge < -0.3 is 88.0 Å². The molecule has 6 N–H and O–H groups in total. The first-order chi connectivity index (χ1) is 50.9. The van der Waals surface area contributed by atoms with E-state index in [0.29, 0.717) is 187 Å². The lowest BCUT2D eigenvalue weighted by molar-refractivity contribution is -0.145. The van der Waals surface area contributed by atoms with Crippen LogP contribution in [0.15, 0.2) is 35.5 Å². The summed E-state index contributed by atoms with van der Waals surface area (Å²) >= 11 is 0. The van der Waals surface area contributed by atoms with Crippen molar-refractivity contribution in [1.29, 1.82) is 0 Å². The Hall–Kier alpha value is -8.25. The zero-order valence-electron chi connectivity index (χ0n) is 61.4. The minimum atomic E-state index is -0.917. The summed E-state index contributed by atoms with van der Waals surface area (Å²) < 4.78 is 60.4. The molecule has 1 saturated heterocycles. The number of esters is 1. The highest BCUT2D eigenvalue weighted by Crippen LogP contribution is 2.44. The van der Waals surface area contributed by atoms with Crippen LogP contribution in [-0.4, -0.2) is 297 Å². The molecule has 5 aliphatic rings. The van der Waals surface area contributed by atoms with Crippen molar-refractivity contribution in [3.8, 4) is 0 Å². The summed E-state index contributed by atoms with van der Waals surface area (Å²) in [6, 6.07) is 4.01. The number of imide groups is 2. The Morgan fingerprint density at radius 1 is 0.629 bits per heavy atom. The molecule has 8 bridgehead atoms. The number of aryl methyl sites for hydroxylation is 2. The van der Waals surface area contributed by atoms with E-state index in [1.165, 1.54) is 30.9 Å². The molecule has 3 aromatic rings. The van der Waals surface area contributed by atoms with E-state index in [0.717, 1.165) is 21.6 Å². The van der Waals surface area contributed by atoms with Crippen molar-refractivity contribution < 1.29 is 100 Å². The number of aromatic amines is 2. The zero-order chi connectivity index (χ0) is 75.0. The van der Waals surface area contributed by atoms with E-state index in [9.17, 15) is 38.7 Å². The number of allylic oxidation sites excluding steroid dienone is 2. The molecule has 1 fully saturated rings. The predicted octanol–water partition coefficient (Wildman–Crippen LogP) is 3.34. The third kappa shape index (κ3) is 24.4. The normalized spacial score (nSPS) is 16.6. The minimum Gasteiger partial charge on any atom is -0.463 e. The first kappa shape index (κ1) is 82.4. The number of fused-ring (bicyclic) bond motifs is 8. The molecule has 5 aliphatic heterocycles. The van der Waals surface area contributed by atoms with Crippen molar-refractivity contribution in [2.75, 3.05) is 191 Å². The van der Waals surface area contributed by atoms with Crippen LogP contribution < -0.4 is 16.0 Å². The van der Waals surface area contributed by atoms with Crippen LogP contribution in [0, 0.1) is 13.8 Å². The smallest absolute Gasteiger partial charge is 0.305 e. The molecule has 7 amide bonds. The number of H-pyrrole nitrogens is 2. The van der Waals surface area contributed by atoms with Gasteiger partial charge in [-0.15, -0.1) is 0 Å². The molecule has 32 nitrogen and oxygen atoms in total. The van der Waals surface area contributed by atoms with Gasteiger partial charge in [0.15, 0.2) is 0 Å². The van der Waals surface area contributed by atoms with E-state index in [-0.39, 0.29) is 115 Å². The maximum Gasteiger partial charge on any atom is 0.305 e. The molecule has 32 heteroatoms. The monoisotopic (exact) mass is 1470 g/mol. The van der Waals surface area contributed by atoms with Crippen LogP contribution in [0.25, 0.3) is 33.2 Å². The van der Waals surface area contributed by atoms with Gasteiger partial charge in [-0.3, -0.25) is 58.0 Å². The van der Waals surface area contributed by atoms with Gasteiger partial charge in [-0.2, -0.15) is 0 Å². The lowest BCUT2D eigenvalue weighted by Gasteiger charge is -2.31. The molecule has 3 aromatic heterocycles. The van der Waals surface area contributed by atoms with Crippen molar-refractivity contribution in [1.82, 2.24) is 50.6 Å². The van der Waals surface area contributed by atoms with E-state index >= 15 is 4.79 Å². The van der Waals surface area contributed by atoms with Gasteiger partial charge in [0.25, 0.3) is 23.6 Å². The number of nitrogens with one attached hydrogen (secondary N) is 5. The van der Waals surface area contributed by atoms with E-state index in [2.05, 4.69) is 42.9 Å². The molecule has 8 rings (SSSR count). The summed E-state index contributed by atoms with van der Waals surface area (Å²) in [6.45, 7) is 21.9. The van der Waals surface area contributed by atoms with Gasteiger partial charge in [0.1, 0.15) is 25.3 Å². The summed E-state index contributed by atoms with van der Waals surface area (Å²) in [6.07, 6.45) is 5.03. The first-order valence-corrected chi connectivity index (χ1v) is 36.1. The molecule has 0 saturated carbocycles. The van der Waals surface area contributed by atoms with Crippen LogP contribution in [0.5, 0.6) is 0 Å². The third-order valence-electron chi connectivity index (χ3n) is 18.2. The fraction of sp³-hybridized carbons (Fsp3) is 0.603. The number of carbonyl (C=O) groups is 8. The Morgan fingerprint density at radius 2 is 1.19 bits per heavy atom. The molecule has 8 heterocycles. The first-order valence-electron chi connectivity index (χ1n) is 36.1. The quantitative estimate of drug-likeness (QED) is 0.0155. The molecule has 4 atom stereocenters. The van der Waals surface area contributed by atoms with Crippen LogP contribution in [0.3, 0.4) is 0 Å².